The molecule has 4 aliphatic rings. The minimum atomic E-state index is -1.04. The Balaban J connectivity index is 1.44. The number of allylic oxidation sites excluding steroid dienone is 1. The number of benzene rings is 1. The second-order valence-electron chi connectivity index (χ2n) is 14.6. The number of nitro groups is 2. The van der Waals surface area contributed by atoms with E-state index in [9.17, 15) is 25.3 Å². The minimum Gasteiger partial charge on any atom is -0.385 e. The zero-order valence-corrected chi connectivity index (χ0v) is 25.8. The van der Waals surface area contributed by atoms with Crippen LogP contribution in [0.2, 0.25) is 0 Å². The van der Waals surface area contributed by atoms with Crippen LogP contribution in [0.5, 0.6) is 0 Å². The lowest BCUT2D eigenvalue weighted by Crippen LogP contribution is -2.49. The summed E-state index contributed by atoms with van der Waals surface area (Å²) in [6.45, 7) is 11.8. The minimum absolute atomic E-state index is 0.0926. The third-order valence-corrected chi connectivity index (χ3v) is 12.2. The first kappa shape index (κ1) is 30.6. The third-order valence-electron chi connectivity index (χ3n) is 12.2. The summed E-state index contributed by atoms with van der Waals surface area (Å²) >= 11 is 0. The molecule has 9 atom stereocenters. The number of aliphatic hydroxyl groups is 1. The van der Waals surface area contributed by atoms with Crippen LogP contribution < -0.4 is 5.43 Å². The van der Waals surface area contributed by atoms with Gasteiger partial charge in [-0.05, 0) is 85.5 Å². The average molecular weight is 581 g/mol. The zero-order chi connectivity index (χ0) is 30.4. The molecule has 0 aliphatic heterocycles. The maximum absolute atomic E-state index is 12.5. The SMILES string of the molecule is CC(C)CCC[C@@H](C)[C@H]1CCC2C3C(/C=N/Nc4ccc([N+](=O)[O-])cc4[N+](=O)[O-])[C@]4(O)C=CCC[C@]4(C)C3CC[C@@]21C. The molecule has 5 rings (SSSR count). The molecule has 3 fully saturated rings. The van der Waals surface area contributed by atoms with Crippen molar-refractivity contribution < 1.29 is 15.0 Å². The summed E-state index contributed by atoms with van der Waals surface area (Å²) in [4.78, 5) is 21.6. The predicted molar refractivity (Wildman–Crippen MR) is 165 cm³/mol. The van der Waals surface area contributed by atoms with Gasteiger partial charge in [-0.2, -0.15) is 5.10 Å². The monoisotopic (exact) mass is 580 g/mol. The highest BCUT2D eigenvalue weighted by Crippen LogP contribution is 2.72. The largest absolute Gasteiger partial charge is 0.385 e. The molecule has 0 amide bonds. The van der Waals surface area contributed by atoms with Crippen LogP contribution in [0.25, 0.3) is 0 Å². The van der Waals surface area contributed by atoms with E-state index < -0.39 is 21.1 Å². The van der Waals surface area contributed by atoms with Gasteiger partial charge in [0.2, 0.25) is 0 Å². The molecule has 0 aromatic heterocycles. The number of fused-ring (bicyclic) bond motifs is 5. The van der Waals surface area contributed by atoms with E-state index in [1.54, 1.807) is 6.21 Å². The molecule has 0 spiro atoms. The van der Waals surface area contributed by atoms with Crippen LogP contribution in [0.4, 0.5) is 17.1 Å². The van der Waals surface area contributed by atoms with E-state index in [1.165, 1.54) is 50.7 Å². The highest BCUT2D eigenvalue weighted by molar-refractivity contribution is 5.70. The zero-order valence-electron chi connectivity index (χ0n) is 25.8. The Morgan fingerprint density at radius 3 is 2.52 bits per heavy atom. The van der Waals surface area contributed by atoms with E-state index in [0.29, 0.717) is 23.7 Å². The van der Waals surface area contributed by atoms with Gasteiger partial charge < -0.3 is 5.11 Å². The van der Waals surface area contributed by atoms with Crippen molar-refractivity contribution in [3.8, 4) is 0 Å². The Morgan fingerprint density at radius 2 is 1.83 bits per heavy atom. The van der Waals surface area contributed by atoms with Gasteiger partial charge in [0.1, 0.15) is 5.69 Å². The van der Waals surface area contributed by atoms with Crippen LogP contribution in [0.1, 0.15) is 92.4 Å². The second kappa shape index (κ2) is 11.4. The molecular weight excluding hydrogens is 532 g/mol. The van der Waals surface area contributed by atoms with Crippen molar-refractivity contribution in [3.63, 3.8) is 0 Å². The van der Waals surface area contributed by atoms with Gasteiger partial charge in [0.05, 0.1) is 21.5 Å². The predicted octanol–water partition coefficient (Wildman–Crippen LogP) is 8.14. The standard InChI is InChI=1S/C33H48N4O5/c1-21(2)9-8-10-22(3)24-12-13-25-30-26(15-18-31(24,25)4)32(5)16-6-7-17-33(32,38)27(30)20-34-35-28-14-11-23(36(39)40)19-29(28)37(41)42/h7,11,14,17,19-22,24-27,30,35,38H,6,8-10,12-13,15-16,18H2,1-5H3/b34-20+/t22-,24-,25?,26?,27?,30?,31-,32-,33-/m1/s1. The molecular formula is C33H48N4O5. The van der Waals surface area contributed by atoms with Crippen LogP contribution in [-0.2, 0) is 0 Å². The van der Waals surface area contributed by atoms with Gasteiger partial charge in [-0.1, -0.05) is 66.0 Å². The second-order valence-corrected chi connectivity index (χ2v) is 14.6. The maximum Gasteiger partial charge on any atom is 0.301 e. The number of rotatable bonds is 10. The van der Waals surface area contributed by atoms with Crippen molar-refractivity contribution in [2.24, 2.45) is 57.4 Å². The number of non-ortho nitro benzene ring substituents is 1. The molecule has 4 aliphatic carbocycles. The summed E-state index contributed by atoms with van der Waals surface area (Å²) in [7, 11) is 0. The lowest BCUT2D eigenvalue weighted by atomic mass is 9.53. The molecule has 1 aromatic rings. The van der Waals surface area contributed by atoms with Crippen molar-refractivity contribution in [1.29, 1.82) is 0 Å². The number of nitrogens with one attached hydrogen (secondary N) is 1. The molecule has 0 bridgehead atoms. The van der Waals surface area contributed by atoms with Crippen molar-refractivity contribution in [1.82, 2.24) is 0 Å². The van der Waals surface area contributed by atoms with Crippen molar-refractivity contribution in [2.45, 2.75) is 98.0 Å². The number of nitro benzene ring substituents is 2. The fourth-order valence-corrected chi connectivity index (χ4v) is 10.0. The summed E-state index contributed by atoms with van der Waals surface area (Å²) in [6, 6.07) is 3.51. The van der Waals surface area contributed by atoms with Crippen LogP contribution in [-0.4, -0.2) is 26.8 Å². The Bertz CT molecular complexity index is 1260. The fourth-order valence-electron chi connectivity index (χ4n) is 10.0. The molecule has 4 unspecified atom stereocenters. The lowest BCUT2D eigenvalue weighted by molar-refractivity contribution is -0.393. The van der Waals surface area contributed by atoms with E-state index >= 15 is 0 Å². The summed E-state index contributed by atoms with van der Waals surface area (Å²) in [6.07, 6.45) is 16.3. The summed E-state index contributed by atoms with van der Waals surface area (Å²) in [5, 5.41) is 39.8. The quantitative estimate of drug-likeness (QED) is 0.124. The van der Waals surface area contributed by atoms with Crippen LogP contribution in [0.15, 0.2) is 35.5 Å². The van der Waals surface area contributed by atoms with Crippen LogP contribution >= 0.6 is 0 Å². The van der Waals surface area contributed by atoms with Gasteiger partial charge in [-0.3, -0.25) is 25.7 Å². The summed E-state index contributed by atoms with van der Waals surface area (Å²) in [5.74, 6) is 2.99. The van der Waals surface area contributed by atoms with Gasteiger partial charge in [0.15, 0.2) is 0 Å². The Kier molecular flexibility index (Phi) is 8.29. The van der Waals surface area contributed by atoms with Gasteiger partial charge in [-0.15, -0.1) is 0 Å². The van der Waals surface area contributed by atoms with E-state index in [-0.39, 0.29) is 34.0 Å². The van der Waals surface area contributed by atoms with Gasteiger partial charge in [0, 0.05) is 23.6 Å². The Hall–Kier alpha value is -2.81. The maximum atomic E-state index is 12.5. The lowest BCUT2D eigenvalue weighted by Gasteiger charge is -2.51. The number of anilines is 1. The number of hydrazone groups is 1. The molecule has 2 N–H and O–H groups in total. The van der Waals surface area contributed by atoms with Gasteiger partial charge in [-0.25, -0.2) is 0 Å². The van der Waals surface area contributed by atoms with E-state index in [4.69, 9.17) is 0 Å². The molecule has 9 nitrogen and oxygen atoms in total. The van der Waals surface area contributed by atoms with Crippen LogP contribution in [0.3, 0.4) is 0 Å². The fraction of sp³-hybridized carbons (Fsp3) is 0.727. The molecule has 1 aromatic carbocycles. The molecule has 3 saturated carbocycles. The number of hydrogen-bond donors (Lipinski definition) is 2. The Morgan fingerprint density at radius 1 is 1.07 bits per heavy atom. The van der Waals surface area contributed by atoms with Crippen molar-refractivity contribution >= 4 is 23.3 Å². The van der Waals surface area contributed by atoms with Gasteiger partial charge >= 0.3 is 5.69 Å². The molecule has 0 saturated heterocycles. The first-order valence-electron chi connectivity index (χ1n) is 16.0. The topological polar surface area (TPSA) is 131 Å². The summed E-state index contributed by atoms with van der Waals surface area (Å²) < 4.78 is 0. The molecule has 42 heavy (non-hydrogen) atoms. The van der Waals surface area contributed by atoms with E-state index in [2.05, 4.69) is 51.2 Å². The summed E-state index contributed by atoms with van der Waals surface area (Å²) in [5.41, 5.74) is 1.07. The average Bonchev–Trinajstić information content (AvgIpc) is 3.38. The first-order chi connectivity index (χ1) is 19.8. The highest BCUT2D eigenvalue weighted by Gasteiger charge is 2.70. The van der Waals surface area contributed by atoms with E-state index in [0.717, 1.165) is 31.2 Å². The molecule has 0 heterocycles. The van der Waals surface area contributed by atoms with Crippen molar-refractivity contribution in [2.75, 3.05) is 5.43 Å². The van der Waals surface area contributed by atoms with E-state index in [1.807, 2.05) is 6.08 Å². The third kappa shape index (κ3) is 4.95. The smallest absolute Gasteiger partial charge is 0.301 e. The number of nitrogens with zero attached hydrogens (tertiary/aromatic N) is 3. The number of hydrogen-bond acceptors (Lipinski definition) is 7. The molecule has 0 radical (unpaired) electrons. The first-order valence-corrected chi connectivity index (χ1v) is 16.0. The normalized spacial score (nSPS) is 37.8. The molecule has 9 heteroatoms. The van der Waals surface area contributed by atoms with Crippen LogP contribution in [0, 0.1) is 72.5 Å². The van der Waals surface area contributed by atoms with Crippen molar-refractivity contribution in [3.05, 3.63) is 50.6 Å². The Labute approximate surface area is 249 Å². The van der Waals surface area contributed by atoms with Gasteiger partial charge in [0.25, 0.3) is 5.69 Å². The molecule has 230 valence electrons. The highest BCUT2D eigenvalue weighted by atomic mass is 16.6.